The number of amides is 2. The fourth-order valence-electron chi connectivity index (χ4n) is 4.07. The van der Waals surface area contributed by atoms with Crippen LogP contribution in [0.3, 0.4) is 0 Å². The molecule has 7 nitrogen and oxygen atoms in total. The van der Waals surface area contributed by atoms with E-state index in [2.05, 4.69) is 10.3 Å². The molecule has 0 unspecified atom stereocenters. The van der Waals surface area contributed by atoms with Crippen LogP contribution in [0.4, 0.5) is 10.5 Å². The van der Waals surface area contributed by atoms with E-state index in [-0.39, 0.29) is 31.3 Å². The first kappa shape index (κ1) is 20.9. The number of pyridine rings is 1. The van der Waals surface area contributed by atoms with Gasteiger partial charge in [0.2, 0.25) is 0 Å². The van der Waals surface area contributed by atoms with Crippen LogP contribution in [0.25, 0.3) is 10.9 Å². The summed E-state index contributed by atoms with van der Waals surface area (Å²) in [6, 6.07) is 11.1. The van der Waals surface area contributed by atoms with Gasteiger partial charge in [0.25, 0.3) is 5.56 Å². The molecule has 0 atom stereocenters. The molecule has 1 aliphatic heterocycles. The van der Waals surface area contributed by atoms with Crippen LogP contribution in [0.2, 0.25) is 0 Å². The predicted octanol–water partition coefficient (Wildman–Crippen LogP) is 3.50. The summed E-state index contributed by atoms with van der Waals surface area (Å²) in [5, 5.41) is 13.3. The summed E-state index contributed by atoms with van der Waals surface area (Å²) in [7, 11) is 0. The third-order valence-electron chi connectivity index (χ3n) is 5.55. The topological polar surface area (TPSA) is 94.7 Å². The van der Waals surface area contributed by atoms with Crippen molar-refractivity contribution < 1.29 is 14.6 Å². The summed E-state index contributed by atoms with van der Waals surface area (Å²) in [6.07, 6.45) is 1.86. The van der Waals surface area contributed by atoms with Gasteiger partial charge in [0.15, 0.2) is 0 Å². The van der Waals surface area contributed by atoms with Gasteiger partial charge in [0.1, 0.15) is 5.75 Å². The maximum atomic E-state index is 12.9. The number of carbonyl (C=O) groups excluding carboxylic acids is 1. The number of rotatable bonds is 5. The van der Waals surface area contributed by atoms with Crippen molar-refractivity contribution in [1.29, 1.82) is 0 Å². The number of aromatic nitrogens is 1. The van der Waals surface area contributed by atoms with Crippen molar-refractivity contribution in [3.05, 3.63) is 69.0 Å². The van der Waals surface area contributed by atoms with Gasteiger partial charge in [0.05, 0.1) is 25.3 Å². The Morgan fingerprint density at radius 1 is 1.23 bits per heavy atom. The highest BCUT2D eigenvalue weighted by atomic mass is 16.5. The number of aliphatic hydroxyl groups is 1. The molecule has 1 aromatic heterocycles. The first-order valence-electron chi connectivity index (χ1n) is 10.5. The lowest BCUT2D eigenvalue weighted by Gasteiger charge is -2.23. The first-order chi connectivity index (χ1) is 14.9. The predicted molar refractivity (Wildman–Crippen MR) is 121 cm³/mol. The van der Waals surface area contributed by atoms with E-state index in [1.54, 1.807) is 6.07 Å². The third-order valence-corrected chi connectivity index (χ3v) is 5.55. The summed E-state index contributed by atoms with van der Waals surface area (Å²) >= 11 is 0. The molecule has 7 heteroatoms. The Morgan fingerprint density at radius 2 is 2.06 bits per heavy atom. The summed E-state index contributed by atoms with van der Waals surface area (Å²) in [6.45, 7) is 4.69. The molecule has 162 valence electrons. The van der Waals surface area contributed by atoms with E-state index in [0.717, 1.165) is 46.2 Å². The number of benzene rings is 2. The van der Waals surface area contributed by atoms with Gasteiger partial charge < -0.3 is 25.0 Å². The number of aliphatic hydroxyl groups excluding tert-OH is 1. The zero-order chi connectivity index (χ0) is 22.0. The Bertz CT molecular complexity index is 1190. The molecule has 4 rings (SSSR count). The molecule has 0 bridgehead atoms. The van der Waals surface area contributed by atoms with E-state index >= 15 is 0 Å². The second-order valence-electron chi connectivity index (χ2n) is 8.02. The minimum Gasteiger partial charge on any atom is -0.493 e. The maximum Gasteiger partial charge on any atom is 0.322 e. The van der Waals surface area contributed by atoms with Gasteiger partial charge in [-0.3, -0.25) is 4.79 Å². The van der Waals surface area contributed by atoms with E-state index in [1.165, 1.54) is 4.90 Å². The SMILES string of the molecule is Cc1cc(C)c2[nH]c(=O)c(CN(CCO)C(=O)Nc3ccc4c(c3)CCCO4)cc2c1. The average molecular weight is 421 g/mol. The molecule has 3 N–H and O–H groups in total. The summed E-state index contributed by atoms with van der Waals surface area (Å²) in [5.74, 6) is 0.852. The van der Waals surface area contributed by atoms with Crippen molar-refractivity contribution in [3.8, 4) is 5.75 Å². The van der Waals surface area contributed by atoms with E-state index in [4.69, 9.17) is 4.74 Å². The van der Waals surface area contributed by atoms with E-state index in [0.29, 0.717) is 17.9 Å². The standard InChI is InChI=1S/C24H27N3O4/c1-15-10-16(2)22-18(11-15)12-19(23(29)26-22)14-27(7-8-28)24(30)25-20-5-6-21-17(13-20)4-3-9-31-21/h5-6,10-13,28H,3-4,7-9,14H2,1-2H3,(H,25,30)(H,26,29). The number of hydrogen-bond donors (Lipinski definition) is 3. The molecule has 0 saturated heterocycles. The molecule has 1 aliphatic rings. The number of carbonyl (C=O) groups is 1. The lowest BCUT2D eigenvalue weighted by Crippen LogP contribution is -2.38. The number of ether oxygens (including phenoxy) is 1. The number of aryl methyl sites for hydroxylation is 3. The highest BCUT2D eigenvalue weighted by molar-refractivity contribution is 5.89. The van der Waals surface area contributed by atoms with Crippen molar-refractivity contribution in [1.82, 2.24) is 9.88 Å². The van der Waals surface area contributed by atoms with Gasteiger partial charge in [-0.15, -0.1) is 0 Å². The van der Waals surface area contributed by atoms with Crippen LogP contribution in [0.1, 0.15) is 28.7 Å². The molecular weight excluding hydrogens is 394 g/mol. The third kappa shape index (κ3) is 4.56. The number of H-pyrrole nitrogens is 1. The molecule has 2 heterocycles. The lowest BCUT2D eigenvalue weighted by atomic mass is 10.1. The number of anilines is 1. The van der Waals surface area contributed by atoms with Crippen LogP contribution >= 0.6 is 0 Å². The summed E-state index contributed by atoms with van der Waals surface area (Å²) in [4.78, 5) is 30.0. The van der Waals surface area contributed by atoms with Crippen LogP contribution in [0, 0.1) is 13.8 Å². The fraction of sp³-hybridized carbons (Fsp3) is 0.333. The smallest absolute Gasteiger partial charge is 0.322 e. The molecule has 0 radical (unpaired) electrons. The lowest BCUT2D eigenvalue weighted by molar-refractivity contribution is 0.185. The molecule has 0 fully saturated rings. The zero-order valence-corrected chi connectivity index (χ0v) is 17.8. The Labute approximate surface area is 180 Å². The largest absolute Gasteiger partial charge is 0.493 e. The molecule has 2 amide bonds. The van der Waals surface area contributed by atoms with Gasteiger partial charge in [-0.2, -0.15) is 0 Å². The van der Waals surface area contributed by atoms with Gasteiger partial charge in [-0.05, 0) is 73.5 Å². The number of nitrogens with zero attached hydrogens (tertiary/aromatic N) is 1. The van der Waals surface area contributed by atoms with Gasteiger partial charge in [-0.1, -0.05) is 11.6 Å². The molecule has 0 saturated carbocycles. The van der Waals surface area contributed by atoms with Crippen molar-refractivity contribution in [2.45, 2.75) is 33.2 Å². The molecule has 0 aliphatic carbocycles. The minimum absolute atomic E-state index is 0.0959. The van der Waals surface area contributed by atoms with Crippen molar-refractivity contribution in [3.63, 3.8) is 0 Å². The van der Waals surface area contributed by atoms with Crippen molar-refractivity contribution in [2.75, 3.05) is 25.1 Å². The second-order valence-corrected chi connectivity index (χ2v) is 8.02. The Kier molecular flexibility index (Phi) is 5.95. The second kappa shape index (κ2) is 8.81. The Morgan fingerprint density at radius 3 is 2.87 bits per heavy atom. The zero-order valence-electron chi connectivity index (χ0n) is 17.8. The number of nitrogens with one attached hydrogen (secondary N) is 2. The Balaban J connectivity index is 1.57. The number of aromatic amines is 1. The van der Waals surface area contributed by atoms with Crippen LogP contribution < -0.4 is 15.6 Å². The number of hydrogen-bond acceptors (Lipinski definition) is 4. The van der Waals surface area contributed by atoms with E-state index in [9.17, 15) is 14.7 Å². The summed E-state index contributed by atoms with van der Waals surface area (Å²) < 4.78 is 5.62. The molecule has 3 aromatic rings. The minimum atomic E-state index is -0.370. The van der Waals surface area contributed by atoms with Gasteiger partial charge in [0, 0.05) is 17.8 Å². The van der Waals surface area contributed by atoms with Crippen LogP contribution in [0.5, 0.6) is 5.75 Å². The highest BCUT2D eigenvalue weighted by Crippen LogP contribution is 2.27. The number of urea groups is 1. The van der Waals surface area contributed by atoms with Crippen LogP contribution in [-0.2, 0) is 13.0 Å². The van der Waals surface area contributed by atoms with Crippen molar-refractivity contribution in [2.24, 2.45) is 0 Å². The Hall–Kier alpha value is -3.32. The highest BCUT2D eigenvalue weighted by Gasteiger charge is 2.18. The fourth-order valence-corrected chi connectivity index (χ4v) is 4.07. The molecule has 31 heavy (non-hydrogen) atoms. The monoisotopic (exact) mass is 421 g/mol. The molecule has 2 aromatic carbocycles. The maximum absolute atomic E-state index is 12.9. The molecule has 0 spiro atoms. The van der Waals surface area contributed by atoms with Gasteiger partial charge in [-0.25, -0.2) is 4.79 Å². The quantitative estimate of drug-likeness (QED) is 0.588. The molecular formula is C24H27N3O4. The van der Waals surface area contributed by atoms with E-state index < -0.39 is 0 Å². The first-order valence-corrected chi connectivity index (χ1v) is 10.5. The van der Waals surface area contributed by atoms with Crippen LogP contribution in [-0.4, -0.2) is 40.8 Å². The van der Waals surface area contributed by atoms with E-state index in [1.807, 2.05) is 44.2 Å². The summed E-state index contributed by atoms with van der Waals surface area (Å²) in [5.41, 5.74) is 4.87. The van der Waals surface area contributed by atoms with Crippen molar-refractivity contribution >= 4 is 22.6 Å². The number of fused-ring (bicyclic) bond motifs is 2. The van der Waals surface area contributed by atoms with Crippen LogP contribution in [0.15, 0.2) is 41.2 Å². The normalized spacial score (nSPS) is 12.9. The average Bonchev–Trinajstić information content (AvgIpc) is 2.74. The van der Waals surface area contributed by atoms with Gasteiger partial charge >= 0.3 is 6.03 Å².